The SMILES string of the molecule is COc1cccc(/C=N/NC(=O)c2cc3ccccc3o2)c1. The van der Waals surface area contributed by atoms with Crippen LogP contribution < -0.4 is 10.2 Å². The van der Waals surface area contributed by atoms with Crippen molar-refractivity contribution in [3.8, 4) is 5.75 Å². The van der Waals surface area contributed by atoms with Crippen molar-refractivity contribution in [3.05, 3.63) is 65.9 Å². The maximum Gasteiger partial charge on any atom is 0.307 e. The Morgan fingerprint density at radius 3 is 2.86 bits per heavy atom. The van der Waals surface area contributed by atoms with Crippen LogP contribution >= 0.6 is 0 Å². The molecule has 0 radical (unpaired) electrons. The zero-order chi connectivity index (χ0) is 15.4. The van der Waals surface area contributed by atoms with Crippen molar-refractivity contribution in [2.45, 2.75) is 0 Å². The number of nitrogens with zero attached hydrogens (tertiary/aromatic N) is 1. The minimum atomic E-state index is -0.393. The van der Waals surface area contributed by atoms with Gasteiger partial charge in [-0.3, -0.25) is 4.79 Å². The summed E-state index contributed by atoms with van der Waals surface area (Å²) in [5.74, 6) is 0.562. The van der Waals surface area contributed by atoms with Crippen molar-refractivity contribution < 1.29 is 13.9 Å². The lowest BCUT2D eigenvalue weighted by molar-refractivity contribution is 0.0929. The summed E-state index contributed by atoms with van der Waals surface area (Å²) in [5.41, 5.74) is 3.94. The van der Waals surface area contributed by atoms with Gasteiger partial charge in [-0.25, -0.2) is 5.43 Å². The lowest BCUT2D eigenvalue weighted by Gasteiger charge is -1.99. The number of carbonyl (C=O) groups excluding carboxylic acids is 1. The predicted molar refractivity (Wildman–Crippen MR) is 84.3 cm³/mol. The van der Waals surface area contributed by atoms with Gasteiger partial charge in [-0.05, 0) is 29.8 Å². The summed E-state index contributed by atoms with van der Waals surface area (Å²) < 4.78 is 10.6. The summed E-state index contributed by atoms with van der Waals surface area (Å²) in [6.45, 7) is 0. The van der Waals surface area contributed by atoms with Crippen LogP contribution in [0.25, 0.3) is 11.0 Å². The van der Waals surface area contributed by atoms with Gasteiger partial charge in [0.05, 0.1) is 13.3 Å². The Kier molecular flexibility index (Phi) is 3.87. The van der Waals surface area contributed by atoms with Crippen molar-refractivity contribution in [1.29, 1.82) is 0 Å². The van der Waals surface area contributed by atoms with Crippen LogP contribution in [0.2, 0.25) is 0 Å². The number of nitrogens with one attached hydrogen (secondary N) is 1. The van der Waals surface area contributed by atoms with Gasteiger partial charge in [0, 0.05) is 5.39 Å². The highest BCUT2D eigenvalue weighted by atomic mass is 16.5. The first-order valence-electron chi connectivity index (χ1n) is 6.72. The fourth-order valence-corrected chi connectivity index (χ4v) is 2.04. The molecule has 0 fully saturated rings. The van der Waals surface area contributed by atoms with Crippen LogP contribution in [0.15, 0.2) is 64.1 Å². The van der Waals surface area contributed by atoms with E-state index in [2.05, 4.69) is 10.5 Å². The van der Waals surface area contributed by atoms with Gasteiger partial charge < -0.3 is 9.15 Å². The van der Waals surface area contributed by atoms with Crippen LogP contribution in [-0.4, -0.2) is 19.2 Å². The van der Waals surface area contributed by atoms with E-state index in [-0.39, 0.29) is 5.76 Å². The highest BCUT2D eigenvalue weighted by molar-refractivity contribution is 5.96. The largest absolute Gasteiger partial charge is 0.497 e. The molecule has 1 amide bonds. The second kappa shape index (κ2) is 6.13. The quantitative estimate of drug-likeness (QED) is 0.593. The summed E-state index contributed by atoms with van der Waals surface area (Å²) in [4.78, 5) is 12.0. The number of benzene rings is 2. The van der Waals surface area contributed by atoms with E-state index in [9.17, 15) is 4.79 Å². The third-order valence-corrected chi connectivity index (χ3v) is 3.12. The third-order valence-electron chi connectivity index (χ3n) is 3.12. The van der Waals surface area contributed by atoms with Crippen LogP contribution in [-0.2, 0) is 0 Å². The molecule has 0 saturated heterocycles. The fraction of sp³-hybridized carbons (Fsp3) is 0.0588. The Bertz CT molecular complexity index is 804. The smallest absolute Gasteiger partial charge is 0.307 e. The Morgan fingerprint density at radius 2 is 2.05 bits per heavy atom. The number of fused-ring (bicyclic) bond motifs is 1. The van der Waals surface area contributed by atoms with E-state index in [0.717, 1.165) is 16.7 Å². The van der Waals surface area contributed by atoms with Gasteiger partial charge in [-0.1, -0.05) is 30.3 Å². The highest BCUT2D eigenvalue weighted by Gasteiger charge is 2.10. The normalized spacial score (nSPS) is 11.0. The Morgan fingerprint density at radius 1 is 1.18 bits per heavy atom. The Labute approximate surface area is 127 Å². The first kappa shape index (κ1) is 13.9. The summed E-state index contributed by atoms with van der Waals surface area (Å²) in [7, 11) is 1.60. The third kappa shape index (κ3) is 2.98. The molecule has 0 aliphatic heterocycles. The maximum atomic E-state index is 12.0. The van der Waals surface area contributed by atoms with Crippen molar-refractivity contribution in [3.63, 3.8) is 0 Å². The summed E-state index contributed by atoms with van der Waals surface area (Å²) in [6.07, 6.45) is 1.54. The van der Waals surface area contributed by atoms with E-state index < -0.39 is 5.91 Å². The van der Waals surface area contributed by atoms with Gasteiger partial charge in [-0.2, -0.15) is 5.10 Å². The molecule has 3 aromatic rings. The van der Waals surface area contributed by atoms with E-state index in [4.69, 9.17) is 9.15 Å². The number of rotatable bonds is 4. The molecular weight excluding hydrogens is 280 g/mol. The average molecular weight is 294 g/mol. The van der Waals surface area contributed by atoms with E-state index in [1.54, 1.807) is 19.4 Å². The van der Waals surface area contributed by atoms with Crippen LogP contribution in [0.3, 0.4) is 0 Å². The lowest BCUT2D eigenvalue weighted by atomic mass is 10.2. The molecule has 0 aliphatic rings. The second-order valence-electron chi connectivity index (χ2n) is 4.62. The van der Waals surface area contributed by atoms with Crippen LogP contribution in [0.5, 0.6) is 5.75 Å². The number of amides is 1. The summed E-state index contributed by atoms with van der Waals surface area (Å²) in [5, 5.41) is 4.80. The summed E-state index contributed by atoms with van der Waals surface area (Å²) >= 11 is 0. The molecular formula is C17H14N2O3. The first-order chi connectivity index (χ1) is 10.8. The number of para-hydroxylation sites is 1. The van der Waals surface area contributed by atoms with Crippen LogP contribution in [0.4, 0.5) is 0 Å². The van der Waals surface area contributed by atoms with Gasteiger partial charge >= 0.3 is 5.91 Å². The second-order valence-corrected chi connectivity index (χ2v) is 4.62. The number of methoxy groups -OCH3 is 1. The zero-order valence-electron chi connectivity index (χ0n) is 11.9. The van der Waals surface area contributed by atoms with E-state index >= 15 is 0 Å². The molecule has 22 heavy (non-hydrogen) atoms. The number of hydrogen-bond acceptors (Lipinski definition) is 4. The summed E-state index contributed by atoms with van der Waals surface area (Å²) in [6, 6.07) is 16.5. The van der Waals surface area contributed by atoms with Gasteiger partial charge in [0.2, 0.25) is 0 Å². The molecule has 1 N–H and O–H groups in total. The number of furan rings is 1. The number of ether oxygens (including phenoxy) is 1. The molecule has 0 unspecified atom stereocenters. The molecule has 0 saturated carbocycles. The number of hydrazone groups is 1. The monoisotopic (exact) mass is 294 g/mol. The molecule has 1 aromatic heterocycles. The minimum Gasteiger partial charge on any atom is -0.497 e. The van der Waals surface area contributed by atoms with Crippen molar-refractivity contribution in [2.24, 2.45) is 5.10 Å². The van der Waals surface area contributed by atoms with Crippen LogP contribution in [0.1, 0.15) is 16.1 Å². The standard InChI is InChI=1S/C17H14N2O3/c1-21-14-7-4-5-12(9-14)11-18-19-17(20)16-10-13-6-2-3-8-15(13)22-16/h2-11H,1H3,(H,19,20)/b18-11+. The molecule has 0 spiro atoms. The number of carbonyl (C=O) groups is 1. The molecule has 5 nitrogen and oxygen atoms in total. The lowest BCUT2D eigenvalue weighted by Crippen LogP contribution is -2.16. The van der Waals surface area contributed by atoms with E-state index in [0.29, 0.717) is 5.58 Å². The molecule has 3 rings (SSSR count). The van der Waals surface area contributed by atoms with Crippen LogP contribution in [0, 0.1) is 0 Å². The highest BCUT2D eigenvalue weighted by Crippen LogP contribution is 2.18. The maximum absolute atomic E-state index is 12.0. The molecule has 1 heterocycles. The van der Waals surface area contributed by atoms with Gasteiger partial charge in [-0.15, -0.1) is 0 Å². The van der Waals surface area contributed by atoms with E-state index in [1.165, 1.54) is 0 Å². The molecule has 0 aliphatic carbocycles. The molecule has 0 atom stereocenters. The Hall–Kier alpha value is -3.08. The zero-order valence-corrected chi connectivity index (χ0v) is 11.9. The average Bonchev–Trinajstić information content (AvgIpc) is 2.99. The van der Waals surface area contributed by atoms with Crippen molar-refractivity contribution in [2.75, 3.05) is 7.11 Å². The van der Waals surface area contributed by atoms with Crippen molar-refractivity contribution >= 4 is 23.1 Å². The van der Waals surface area contributed by atoms with Gasteiger partial charge in [0.15, 0.2) is 5.76 Å². The van der Waals surface area contributed by atoms with Gasteiger partial charge in [0.25, 0.3) is 0 Å². The topological polar surface area (TPSA) is 63.8 Å². The van der Waals surface area contributed by atoms with E-state index in [1.807, 2.05) is 48.5 Å². The predicted octanol–water partition coefficient (Wildman–Crippen LogP) is 3.21. The Balaban J connectivity index is 1.70. The number of hydrogen-bond donors (Lipinski definition) is 1. The first-order valence-corrected chi connectivity index (χ1v) is 6.72. The molecule has 5 heteroatoms. The van der Waals surface area contributed by atoms with Crippen molar-refractivity contribution in [1.82, 2.24) is 5.43 Å². The molecule has 0 bridgehead atoms. The fourth-order valence-electron chi connectivity index (χ4n) is 2.04. The molecule has 2 aromatic carbocycles. The van der Waals surface area contributed by atoms with Gasteiger partial charge in [0.1, 0.15) is 11.3 Å². The minimum absolute atomic E-state index is 0.226. The molecule has 110 valence electrons.